The number of benzene rings is 1. The average molecular weight is 292 g/mol. The molecule has 0 aliphatic heterocycles. The Bertz CT molecular complexity index is 537. The first-order chi connectivity index (χ1) is 9.81. The highest BCUT2D eigenvalue weighted by Crippen LogP contribution is 2.29. The van der Waals surface area contributed by atoms with E-state index in [-0.39, 0.29) is 0 Å². The number of hydrogen-bond donors (Lipinski definition) is 1. The van der Waals surface area contributed by atoms with E-state index in [1.807, 2.05) is 36.4 Å². The standard InChI is InChI=1S/C16H18ClNO2/c1-2-5-13-6-3-8-15(17)16(13)20-11-9-18-12-14-7-4-10-19-14/h2-4,6-8,10,18H,1,5,9,11-12H2. The molecular weight excluding hydrogens is 274 g/mol. The number of rotatable bonds is 8. The summed E-state index contributed by atoms with van der Waals surface area (Å²) >= 11 is 6.16. The lowest BCUT2D eigenvalue weighted by Crippen LogP contribution is -2.20. The molecule has 0 radical (unpaired) electrons. The van der Waals surface area contributed by atoms with E-state index >= 15 is 0 Å². The SMILES string of the molecule is C=CCc1cccc(Cl)c1OCCNCc1ccco1. The maximum Gasteiger partial charge on any atom is 0.141 e. The molecule has 0 saturated heterocycles. The van der Waals surface area contributed by atoms with Crippen LogP contribution in [0.4, 0.5) is 0 Å². The summed E-state index contributed by atoms with van der Waals surface area (Å²) in [5, 5.41) is 3.88. The molecule has 0 fully saturated rings. The number of halogens is 1. The predicted molar refractivity (Wildman–Crippen MR) is 81.3 cm³/mol. The van der Waals surface area contributed by atoms with Gasteiger partial charge in [-0.15, -0.1) is 6.58 Å². The summed E-state index contributed by atoms with van der Waals surface area (Å²) in [6, 6.07) is 9.56. The Morgan fingerprint density at radius 3 is 2.95 bits per heavy atom. The van der Waals surface area contributed by atoms with Crippen LogP contribution >= 0.6 is 11.6 Å². The number of ether oxygens (including phenoxy) is 1. The van der Waals surface area contributed by atoms with E-state index in [4.69, 9.17) is 20.8 Å². The van der Waals surface area contributed by atoms with Crippen LogP contribution in [0.5, 0.6) is 5.75 Å². The minimum Gasteiger partial charge on any atom is -0.490 e. The Balaban J connectivity index is 1.80. The smallest absolute Gasteiger partial charge is 0.141 e. The number of allylic oxidation sites excluding steroid dienone is 1. The molecule has 0 amide bonds. The Hall–Kier alpha value is -1.71. The minimum atomic E-state index is 0.550. The van der Waals surface area contributed by atoms with Gasteiger partial charge < -0.3 is 14.5 Å². The summed E-state index contributed by atoms with van der Waals surface area (Å²) in [6.07, 6.45) is 4.25. The number of para-hydroxylation sites is 1. The quantitative estimate of drug-likeness (QED) is 0.593. The van der Waals surface area contributed by atoms with Gasteiger partial charge in [-0.05, 0) is 30.2 Å². The van der Waals surface area contributed by atoms with Crippen molar-refractivity contribution in [2.24, 2.45) is 0 Å². The molecule has 0 unspecified atom stereocenters. The topological polar surface area (TPSA) is 34.4 Å². The third-order valence-electron chi connectivity index (χ3n) is 2.82. The molecule has 2 rings (SSSR count). The van der Waals surface area contributed by atoms with Crippen molar-refractivity contribution in [3.05, 3.63) is 65.6 Å². The second-order valence-electron chi connectivity index (χ2n) is 4.33. The van der Waals surface area contributed by atoms with Crippen molar-refractivity contribution in [3.8, 4) is 5.75 Å². The highest BCUT2D eigenvalue weighted by atomic mass is 35.5. The Kier molecular flexibility index (Phi) is 5.71. The molecule has 3 nitrogen and oxygen atoms in total. The van der Waals surface area contributed by atoms with Gasteiger partial charge in [0, 0.05) is 6.54 Å². The van der Waals surface area contributed by atoms with E-state index in [9.17, 15) is 0 Å². The van der Waals surface area contributed by atoms with Gasteiger partial charge >= 0.3 is 0 Å². The van der Waals surface area contributed by atoms with Crippen LogP contribution in [0.25, 0.3) is 0 Å². The molecule has 0 aliphatic carbocycles. The predicted octanol–water partition coefficient (Wildman–Crippen LogP) is 3.83. The van der Waals surface area contributed by atoms with Crippen LogP contribution < -0.4 is 10.1 Å². The summed E-state index contributed by atoms with van der Waals surface area (Å²) in [7, 11) is 0. The van der Waals surface area contributed by atoms with E-state index < -0.39 is 0 Å². The minimum absolute atomic E-state index is 0.550. The molecule has 106 valence electrons. The molecule has 20 heavy (non-hydrogen) atoms. The highest BCUT2D eigenvalue weighted by molar-refractivity contribution is 6.32. The summed E-state index contributed by atoms with van der Waals surface area (Å²) in [5.41, 5.74) is 1.05. The lowest BCUT2D eigenvalue weighted by atomic mass is 10.1. The number of hydrogen-bond acceptors (Lipinski definition) is 3. The fourth-order valence-electron chi connectivity index (χ4n) is 1.88. The summed E-state index contributed by atoms with van der Waals surface area (Å²) in [4.78, 5) is 0. The van der Waals surface area contributed by atoms with Crippen molar-refractivity contribution in [2.45, 2.75) is 13.0 Å². The average Bonchev–Trinajstić information content (AvgIpc) is 2.94. The molecule has 0 bridgehead atoms. The Morgan fingerprint density at radius 1 is 1.30 bits per heavy atom. The number of furan rings is 1. The first-order valence-electron chi connectivity index (χ1n) is 6.55. The van der Waals surface area contributed by atoms with Crippen LogP contribution in [0.3, 0.4) is 0 Å². The third kappa shape index (κ3) is 4.15. The molecule has 2 aromatic rings. The lowest BCUT2D eigenvalue weighted by molar-refractivity contribution is 0.308. The molecule has 1 heterocycles. The summed E-state index contributed by atoms with van der Waals surface area (Å²) in [6.45, 7) is 5.71. The van der Waals surface area contributed by atoms with Crippen LogP contribution in [-0.4, -0.2) is 13.2 Å². The van der Waals surface area contributed by atoms with Crippen molar-refractivity contribution in [2.75, 3.05) is 13.2 Å². The zero-order valence-electron chi connectivity index (χ0n) is 11.3. The molecule has 1 aromatic heterocycles. The van der Waals surface area contributed by atoms with E-state index in [1.165, 1.54) is 0 Å². The fourth-order valence-corrected chi connectivity index (χ4v) is 2.13. The zero-order valence-corrected chi connectivity index (χ0v) is 12.0. The van der Waals surface area contributed by atoms with Gasteiger partial charge in [0.15, 0.2) is 0 Å². The Morgan fingerprint density at radius 2 is 2.20 bits per heavy atom. The van der Waals surface area contributed by atoms with Gasteiger partial charge in [0.25, 0.3) is 0 Å². The largest absolute Gasteiger partial charge is 0.490 e. The molecule has 0 spiro atoms. The van der Waals surface area contributed by atoms with E-state index in [0.717, 1.165) is 30.0 Å². The van der Waals surface area contributed by atoms with Crippen LogP contribution in [0.1, 0.15) is 11.3 Å². The van der Waals surface area contributed by atoms with Crippen molar-refractivity contribution in [1.29, 1.82) is 0 Å². The first kappa shape index (κ1) is 14.7. The number of nitrogens with one attached hydrogen (secondary N) is 1. The molecule has 1 N–H and O–H groups in total. The van der Waals surface area contributed by atoms with Gasteiger partial charge in [-0.25, -0.2) is 0 Å². The van der Waals surface area contributed by atoms with Gasteiger partial charge in [0.05, 0.1) is 17.8 Å². The van der Waals surface area contributed by atoms with E-state index in [2.05, 4.69) is 11.9 Å². The van der Waals surface area contributed by atoms with Crippen molar-refractivity contribution < 1.29 is 9.15 Å². The first-order valence-corrected chi connectivity index (χ1v) is 6.93. The maximum atomic E-state index is 6.16. The molecule has 4 heteroatoms. The van der Waals surface area contributed by atoms with E-state index in [0.29, 0.717) is 18.2 Å². The molecule has 0 atom stereocenters. The third-order valence-corrected chi connectivity index (χ3v) is 3.11. The zero-order chi connectivity index (χ0) is 14.2. The molecule has 0 aliphatic rings. The van der Waals surface area contributed by atoms with Gasteiger partial charge in [-0.3, -0.25) is 0 Å². The van der Waals surface area contributed by atoms with Gasteiger partial charge in [0.1, 0.15) is 18.1 Å². The summed E-state index contributed by atoms with van der Waals surface area (Å²) < 4.78 is 11.0. The normalized spacial score (nSPS) is 10.4. The maximum absolute atomic E-state index is 6.16. The highest BCUT2D eigenvalue weighted by Gasteiger charge is 2.07. The fraction of sp³-hybridized carbons (Fsp3) is 0.250. The van der Waals surface area contributed by atoms with Crippen molar-refractivity contribution in [3.63, 3.8) is 0 Å². The second-order valence-corrected chi connectivity index (χ2v) is 4.73. The van der Waals surface area contributed by atoms with Crippen LogP contribution in [0, 0.1) is 0 Å². The van der Waals surface area contributed by atoms with Gasteiger partial charge in [-0.1, -0.05) is 29.8 Å². The van der Waals surface area contributed by atoms with Crippen molar-refractivity contribution >= 4 is 11.6 Å². The van der Waals surface area contributed by atoms with Gasteiger partial charge in [-0.2, -0.15) is 0 Å². The Labute approximate surface area is 124 Å². The van der Waals surface area contributed by atoms with Crippen LogP contribution in [-0.2, 0) is 13.0 Å². The molecular formula is C16H18ClNO2. The molecule has 1 aromatic carbocycles. The van der Waals surface area contributed by atoms with E-state index in [1.54, 1.807) is 6.26 Å². The van der Waals surface area contributed by atoms with Crippen molar-refractivity contribution in [1.82, 2.24) is 5.32 Å². The second kappa shape index (κ2) is 7.78. The monoisotopic (exact) mass is 291 g/mol. The summed E-state index contributed by atoms with van der Waals surface area (Å²) in [5.74, 6) is 1.66. The van der Waals surface area contributed by atoms with Crippen LogP contribution in [0.2, 0.25) is 5.02 Å². The molecule has 0 saturated carbocycles. The van der Waals surface area contributed by atoms with Crippen LogP contribution in [0.15, 0.2) is 53.7 Å². The lowest BCUT2D eigenvalue weighted by Gasteiger charge is -2.12. The van der Waals surface area contributed by atoms with Gasteiger partial charge in [0.2, 0.25) is 0 Å².